The molecule has 0 aliphatic rings. The summed E-state index contributed by atoms with van der Waals surface area (Å²) >= 11 is 0. The molecule has 0 unspecified atom stereocenters. The molecular formula is BiCaPbZn. The van der Waals surface area contributed by atoms with Gasteiger partial charge >= 0.3 is 0 Å². The van der Waals surface area contributed by atoms with Crippen LogP contribution in [-0.2, 0) is 19.5 Å². The Bertz CT molecular complexity index is 8.00. The summed E-state index contributed by atoms with van der Waals surface area (Å²) in [6, 6.07) is 0. The van der Waals surface area contributed by atoms with Gasteiger partial charge in [0.05, 0.1) is 0 Å². The number of hydrogen-bond acceptors (Lipinski definition) is 0. The number of hydrogen-bond donors (Lipinski definition) is 0. The van der Waals surface area contributed by atoms with E-state index in [4.69, 9.17) is 0 Å². The Morgan fingerprint density at radius 2 is 1.00 bits per heavy atom. The van der Waals surface area contributed by atoms with Crippen molar-refractivity contribution < 1.29 is 19.5 Å². The fourth-order valence-electron chi connectivity index (χ4n) is 0. The third kappa shape index (κ3) is 9.19. The van der Waals surface area contributed by atoms with Gasteiger partial charge < -0.3 is 0 Å². The van der Waals surface area contributed by atoms with Gasteiger partial charge in [0.15, 0.2) is 0 Å². The Morgan fingerprint density at radius 1 is 1.00 bits per heavy atom. The standard InChI is InChI=1S/Bi.Ca.Pb.Zn. The molecule has 0 N–H and O–H groups in total. The average Bonchev–Trinajstić information content (AvgIpc) is 0. The van der Waals surface area contributed by atoms with Crippen LogP contribution in [0.15, 0.2) is 0 Å². The second-order valence-electron chi connectivity index (χ2n) is 0. The van der Waals surface area contributed by atoms with Gasteiger partial charge in [-0.05, 0) is 0 Å². The van der Waals surface area contributed by atoms with E-state index in [0.29, 0.717) is 0 Å². The quantitative estimate of drug-likeness (QED) is 0.354. The van der Waals surface area contributed by atoms with Crippen LogP contribution in [-0.4, -0.2) is 91.2 Å². The molecule has 4 heavy (non-hydrogen) atoms. The predicted octanol–water partition coefficient (Wildman–Crippen LogP) is -1.14. The molecule has 0 bridgehead atoms. The van der Waals surface area contributed by atoms with Crippen molar-refractivity contribution in [2.75, 3.05) is 0 Å². The van der Waals surface area contributed by atoms with Gasteiger partial charge in [0.1, 0.15) is 0 Å². The fourth-order valence-corrected chi connectivity index (χ4v) is 0. The maximum atomic E-state index is 0. The van der Waals surface area contributed by atoms with E-state index in [1.165, 1.54) is 0 Å². The first-order chi connectivity index (χ1) is 0. The predicted molar refractivity (Wildman–Crippen MR) is 17.3 cm³/mol. The first kappa shape index (κ1) is 25.3. The van der Waals surface area contributed by atoms with E-state index in [0.717, 1.165) is 0 Å². The van der Waals surface area contributed by atoms with E-state index in [-0.39, 0.29) is 111 Å². The molecule has 13 valence electrons. The van der Waals surface area contributed by atoms with Crippen molar-refractivity contribution in [3.05, 3.63) is 0 Å². The van der Waals surface area contributed by atoms with Gasteiger partial charge in [-0.15, -0.1) is 0 Å². The summed E-state index contributed by atoms with van der Waals surface area (Å²) in [5.41, 5.74) is 0. The van der Waals surface area contributed by atoms with E-state index in [1.54, 1.807) is 0 Å². The monoisotopic (exact) mass is 521 g/mol. The zero-order valence-electron chi connectivity index (χ0n) is 2.36. The Labute approximate surface area is 108 Å². The first-order valence-corrected chi connectivity index (χ1v) is 0. The molecule has 0 heterocycles. The average molecular weight is 522 g/mol. The second kappa shape index (κ2) is 15.9. The van der Waals surface area contributed by atoms with Crippen LogP contribution in [0.5, 0.6) is 0 Å². The molecule has 9 radical (unpaired) electrons. The van der Waals surface area contributed by atoms with Gasteiger partial charge in [0.2, 0.25) is 0 Å². The minimum absolute atomic E-state index is 0. The topological polar surface area (TPSA) is 0 Å². The molecule has 0 nitrogen and oxygen atoms in total. The third-order valence-electron chi connectivity index (χ3n) is 0. The summed E-state index contributed by atoms with van der Waals surface area (Å²) in [7, 11) is 0. The van der Waals surface area contributed by atoms with E-state index in [1.807, 2.05) is 0 Å². The molecule has 0 fully saturated rings. The first-order valence-electron chi connectivity index (χ1n) is 0. The van der Waals surface area contributed by atoms with E-state index in [9.17, 15) is 0 Å². The molecule has 0 saturated carbocycles. The molecule has 4 heteroatoms. The molecular weight excluding hydrogens is 522 g/mol. The molecule has 0 aromatic carbocycles. The van der Waals surface area contributed by atoms with Crippen molar-refractivity contribution in [1.82, 2.24) is 0 Å². The van der Waals surface area contributed by atoms with Gasteiger partial charge in [-0.25, -0.2) is 0 Å². The van der Waals surface area contributed by atoms with Gasteiger partial charge in [-0.2, -0.15) is 0 Å². The van der Waals surface area contributed by atoms with Crippen LogP contribution < -0.4 is 0 Å². The third-order valence-corrected chi connectivity index (χ3v) is 0. The van der Waals surface area contributed by atoms with Crippen LogP contribution >= 0.6 is 0 Å². The summed E-state index contributed by atoms with van der Waals surface area (Å²) in [4.78, 5) is 0. The minimum atomic E-state index is 0. The minimum Gasteiger partial charge on any atom is 0 e. The van der Waals surface area contributed by atoms with Crippen LogP contribution in [0.3, 0.4) is 0 Å². The smallest absolute Gasteiger partial charge is 0 e. The summed E-state index contributed by atoms with van der Waals surface area (Å²) in [6.07, 6.45) is 0. The van der Waals surface area contributed by atoms with Crippen molar-refractivity contribution in [3.63, 3.8) is 0 Å². The molecule has 0 atom stereocenters. The van der Waals surface area contributed by atoms with E-state index < -0.39 is 0 Å². The van der Waals surface area contributed by atoms with Crippen molar-refractivity contribution in [3.8, 4) is 0 Å². The van der Waals surface area contributed by atoms with Gasteiger partial charge in [-0.1, -0.05) is 0 Å². The van der Waals surface area contributed by atoms with Gasteiger partial charge in [0, 0.05) is 111 Å². The van der Waals surface area contributed by atoms with Crippen molar-refractivity contribution in [1.29, 1.82) is 0 Å². The Hall–Kier alpha value is 3.69. The zero-order chi connectivity index (χ0) is 0. The van der Waals surface area contributed by atoms with Crippen LogP contribution in [0.4, 0.5) is 0 Å². The maximum absolute atomic E-state index is 0. The van der Waals surface area contributed by atoms with Crippen LogP contribution in [0.1, 0.15) is 0 Å². The Balaban J connectivity index is 0. The molecule has 0 aromatic rings. The normalized spacial score (nSPS) is 0. The Kier molecular flexibility index (Phi) is 101. The largest absolute Gasteiger partial charge is 0 e. The molecule has 0 aliphatic heterocycles. The summed E-state index contributed by atoms with van der Waals surface area (Å²) in [5.74, 6) is 0. The summed E-state index contributed by atoms with van der Waals surface area (Å²) in [6.45, 7) is 0. The molecule has 0 saturated heterocycles. The fraction of sp³-hybridized carbons (Fsp3) is 0. The summed E-state index contributed by atoms with van der Waals surface area (Å²) in [5, 5.41) is 0. The van der Waals surface area contributed by atoms with Crippen molar-refractivity contribution >= 4 is 91.2 Å². The molecule has 0 amide bonds. The van der Waals surface area contributed by atoms with Crippen LogP contribution in [0.2, 0.25) is 0 Å². The SMILES string of the molecule is [Bi].[Ca].[Pb].[Zn]. The molecule has 0 spiro atoms. The molecule has 0 aliphatic carbocycles. The Morgan fingerprint density at radius 3 is 1.00 bits per heavy atom. The molecule has 0 rings (SSSR count). The van der Waals surface area contributed by atoms with Gasteiger partial charge in [-0.3, -0.25) is 0 Å². The molecule has 0 aromatic heterocycles. The maximum Gasteiger partial charge on any atom is 0 e. The number of rotatable bonds is 0. The van der Waals surface area contributed by atoms with Crippen molar-refractivity contribution in [2.24, 2.45) is 0 Å². The van der Waals surface area contributed by atoms with Crippen LogP contribution in [0, 0.1) is 0 Å². The van der Waals surface area contributed by atoms with Crippen molar-refractivity contribution in [2.45, 2.75) is 0 Å². The van der Waals surface area contributed by atoms with Crippen LogP contribution in [0.25, 0.3) is 0 Å². The van der Waals surface area contributed by atoms with E-state index in [2.05, 4.69) is 0 Å². The second-order valence-corrected chi connectivity index (χ2v) is 0. The van der Waals surface area contributed by atoms with Gasteiger partial charge in [0.25, 0.3) is 0 Å². The zero-order valence-corrected chi connectivity index (χ0v) is 14.9. The summed E-state index contributed by atoms with van der Waals surface area (Å²) < 4.78 is 0. The van der Waals surface area contributed by atoms with E-state index >= 15 is 0 Å².